The number of halogens is 3. The monoisotopic (exact) mass is 504 g/mol. The molecule has 0 aliphatic carbocycles. The van der Waals surface area contributed by atoms with E-state index in [1.54, 1.807) is 29.2 Å². The van der Waals surface area contributed by atoms with Crippen molar-refractivity contribution in [3.05, 3.63) is 87.7 Å². The number of nitrogens with zero attached hydrogens (tertiary/aromatic N) is 2. The highest BCUT2D eigenvalue weighted by atomic mass is 35.5. The SMILES string of the molecule is O=C(c1ccc(F)cc1O)N1CCN(c2ccc(OCCO)cc2Cl)[C@H](c2ccc(Cl)cc2)C1. The van der Waals surface area contributed by atoms with Gasteiger partial charge in [-0.3, -0.25) is 4.79 Å². The molecular formula is C25H23Cl2FN2O4. The van der Waals surface area contributed by atoms with E-state index in [1.807, 2.05) is 18.2 Å². The van der Waals surface area contributed by atoms with E-state index in [-0.39, 0.29) is 30.7 Å². The van der Waals surface area contributed by atoms with Crippen LogP contribution in [-0.2, 0) is 0 Å². The Hall–Kier alpha value is -3.00. The molecule has 1 aliphatic rings. The van der Waals surface area contributed by atoms with Crippen molar-refractivity contribution in [2.24, 2.45) is 0 Å². The molecule has 178 valence electrons. The fourth-order valence-electron chi connectivity index (χ4n) is 4.06. The van der Waals surface area contributed by atoms with Crippen molar-refractivity contribution in [3.8, 4) is 11.5 Å². The van der Waals surface area contributed by atoms with Crippen LogP contribution in [0, 0.1) is 5.82 Å². The third-order valence-electron chi connectivity index (χ3n) is 5.70. The number of phenolic OH excluding ortho intramolecular Hbond substituents is 1. The van der Waals surface area contributed by atoms with Crippen molar-refractivity contribution >= 4 is 34.8 Å². The number of aliphatic hydroxyl groups excluding tert-OH is 1. The minimum Gasteiger partial charge on any atom is -0.507 e. The number of hydrogen-bond donors (Lipinski definition) is 2. The van der Waals surface area contributed by atoms with Gasteiger partial charge < -0.3 is 24.7 Å². The number of hydrogen-bond acceptors (Lipinski definition) is 5. The topological polar surface area (TPSA) is 73.2 Å². The Morgan fingerprint density at radius 3 is 2.50 bits per heavy atom. The van der Waals surface area contributed by atoms with Gasteiger partial charge in [-0.1, -0.05) is 35.3 Å². The van der Waals surface area contributed by atoms with E-state index < -0.39 is 11.6 Å². The third-order valence-corrected chi connectivity index (χ3v) is 6.26. The quantitative estimate of drug-likeness (QED) is 0.498. The van der Waals surface area contributed by atoms with Gasteiger partial charge in [-0.15, -0.1) is 0 Å². The van der Waals surface area contributed by atoms with Crippen LogP contribution >= 0.6 is 23.2 Å². The van der Waals surface area contributed by atoms with Gasteiger partial charge in [0, 0.05) is 36.8 Å². The summed E-state index contributed by atoms with van der Waals surface area (Å²) in [6.45, 7) is 1.23. The van der Waals surface area contributed by atoms with Crippen molar-refractivity contribution in [1.29, 1.82) is 0 Å². The number of anilines is 1. The molecule has 0 spiro atoms. The number of aliphatic hydroxyl groups is 1. The lowest BCUT2D eigenvalue weighted by atomic mass is 10.0. The molecule has 1 atom stereocenters. The van der Waals surface area contributed by atoms with E-state index >= 15 is 0 Å². The molecule has 0 saturated carbocycles. The average Bonchev–Trinajstić information content (AvgIpc) is 2.83. The maximum atomic E-state index is 13.4. The molecule has 1 amide bonds. The average molecular weight is 505 g/mol. The van der Waals surface area contributed by atoms with Crippen LogP contribution in [0.25, 0.3) is 0 Å². The lowest BCUT2D eigenvalue weighted by Crippen LogP contribution is -2.50. The van der Waals surface area contributed by atoms with Gasteiger partial charge in [0.2, 0.25) is 0 Å². The van der Waals surface area contributed by atoms with Crippen LogP contribution < -0.4 is 9.64 Å². The smallest absolute Gasteiger partial charge is 0.257 e. The molecule has 4 rings (SSSR count). The number of ether oxygens (including phenoxy) is 1. The molecule has 3 aromatic rings. The summed E-state index contributed by atoms with van der Waals surface area (Å²) in [7, 11) is 0. The highest BCUT2D eigenvalue weighted by Crippen LogP contribution is 2.38. The van der Waals surface area contributed by atoms with Gasteiger partial charge in [-0.05, 0) is 42.0 Å². The van der Waals surface area contributed by atoms with Crippen molar-refractivity contribution < 1.29 is 24.1 Å². The Labute approximate surface area is 206 Å². The van der Waals surface area contributed by atoms with E-state index in [1.165, 1.54) is 6.07 Å². The van der Waals surface area contributed by atoms with Gasteiger partial charge in [-0.25, -0.2) is 4.39 Å². The van der Waals surface area contributed by atoms with E-state index in [0.717, 1.165) is 23.4 Å². The molecule has 34 heavy (non-hydrogen) atoms. The summed E-state index contributed by atoms with van der Waals surface area (Å²) in [4.78, 5) is 16.9. The summed E-state index contributed by atoms with van der Waals surface area (Å²) in [6, 6.07) is 15.8. The summed E-state index contributed by atoms with van der Waals surface area (Å²) in [6.07, 6.45) is 0. The number of rotatable bonds is 6. The van der Waals surface area contributed by atoms with Gasteiger partial charge in [0.05, 0.1) is 28.9 Å². The summed E-state index contributed by atoms with van der Waals surface area (Å²) >= 11 is 12.7. The lowest BCUT2D eigenvalue weighted by molar-refractivity contribution is 0.0719. The van der Waals surface area contributed by atoms with Crippen LogP contribution in [-0.4, -0.2) is 53.9 Å². The Morgan fingerprint density at radius 2 is 1.82 bits per heavy atom. The molecule has 6 nitrogen and oxygen atoms in total. The molecule has 0 radical (unpaired) electrons. The second-order valence-corrected chi connectivity index (χ2v) is 8.70. The molecule has 3 aromatic carbocycles. The van der Waals surface area contributed by atoms with Gasteiger partial charge in [-0.2, -0.15) is 0 Å². The fourth-order valence-corrected chi connectivity index (χ4v) is 4.46. The van der Waals surface area contributed by atoms with Crippen LogP contribution in [0.4, 0.5) is 10.1 Å². The summed E-state index contributed by atoms with van der Waals surface area (Å²) in [5, 5.41) is 20.2. The Kier molecular flexibility index (Phi) is 7.46. The molecule has 1 heterocycles. The van der Waals surface area contributed by atoms with E-state index in [4.69, 9.17) is 33.0 Å². The molecule has 9 heteroatoms. The first-order chi connectivity index (χ1) is 16.4. The largest absolute Gasteiger partial charge is 0.507 e. The second-order valence-electron chi connectivity index (χ2n) is 7.86. The van der Waals surface area contributed by atoms with Crippen LogP contribution in [0.1, 0.15) is 22.0 Å². The van der Waals surface area contributed by atoms with Crippen molar-refractivity contribution in [2.45, 2.75) is 6.04 Å². The minimum atomic E-state index is -0.612. The fraction of sp³-hybridized carbons (Fsp3) is 0.240. The molecular weight excluding hydrogens is 482 g/mol. The predicted molar refractivity (Wildman–Crippen MR) is 130 cm³/mol. The molecule has 1 aliphatic heterocycles. The van der Waals surface area contributed by atoms with Crippen LogP contribution in [0.3, 0.4) is 0 Å². The van der Waals surface area contributed by atoms with Crippen LogP contribution in [0.2, 0.25) is 10.0 Å². The second kappa shape index (κ2) is 10.5. The highest BCUT2D eigenvalue weighted by Gasteiger charge is 2.33. The predicted octanol–water partition coefficient (Wildman–Crippen LogP) is 4.91. The van der Waals surface area contributed by atoms with Crippen LogP contribution in [0.5, 0.6) is 11.5 Å². The number of carbonyl (C=O) groups excluding carboxylic acids is 1. The van der Waals surface area contributed by atoms with Gasteiger partial charge >= 0.3 is 0 Å². The normalized spacial score (nSPS) is 15.9. The van der Waals surface area contributed by atoms with E-state index in [9.17, 15) is 14.3 Å². The Bertz CT molecular complexity index is 1180. The molecule has 1 saturated heterocycles. The Morgan fingerprint density at radius 1 is 1.06 bits per heavy atom. The number of amides is 1. The zero-order chi connectivity index (χ0) is 24.2. The highest BCUT2D eigenvalue weighted by molar-refractivity contribution is 6.33. The standard InChI is InChI=1S/C25H23Cl2FN2O4/c26-17-3-1-16(2-4-17)23-15-29(25(33)20-7-5-18(28)13-24(20)32)9-10-30(23)22-8-6-19(14-21(22)27)34-12-11-31/h1-8,13-14,23,31-32H,9-12,15H2/t23-/m0/s1. The van der Waals surface area contributed by atoms with E-state index in [0.29, 0.717) is 35.4 Å². The molecule has 0 aromatic heterocycles. The first-order valence-corrected chi connectivity index (χ1v) is 11.5. The molecule has 0 unspecified atom stereocenters. The number of phenols is 1. The number of aromatic hydroxyl groups is 1. The van der Waals surface area contributed by atoms with E-state index in [2.05, 4.69) is 4.90 Å². The van der Waals surface area contributed by atoms with Crippen molar-refractivity contribution in [1.82, 2.24) is 4.90 Å². The maximum absolute atomic E-state index is 13.4. The number of carbonyl (C=O) groups is 1. The zero-order valence-electron chi connectivity index (χ0n) is 18.1. The first kappa shape index (κ1) is 24.1. The maximum Gasteiger partial charge on any atom is 0.257 e. The first-order valence-electron chi connectivity index (χ1n) is 10.7. The zero-order valence-corrected chi connectivity index (χ0v) is 19.6. The third kappa shape index (κ3) is 5.22. The summed E-state index contributed by atoms with van der Waals surface area (Å²) < 4.78 is 18.9. The van der Waals surface area contributed by atoms with Gasteiger partial charge in [0.1, 0.15) is 23.9 Å². The Balaban J connectivity index is 1.64. The summed E-state index contributed by atoms with van der Waals surface area (Å²) in [5.41, 5.74) is 1.75. The van der Waals surface area contributed by atoms with Gasteiger partial charge in [0.15, 0.2) is 0 Å². The number of benzene rings is 3. The minimum absolute atomic E-state index is 0.0492. The molecule has 1 fully saturated rings. The van der Waals surface area contributed by atoms with Crippen molar-refractivity contribution in [3.63, 3.8) is 0 Å². The molecule has 0 bridgehead atoms. The molecule has 2 N–H and O–H groups in total. The van der Waals surface area contributed by atoms with Crippen LogP contribution in [0.15, 0.2) is 60.7 Å². The van der Waals surface area contributed by atoms with Gasteiger partial charge in [0.25, 0.3) is 5.91 Å². The lowest BCUT2D eigenvalue weighted by Gasteiger charge is -2.43. The summed E-state index contributed by atoms with van der Waals surface area (Å²) in [5.74, 6) is -0.836. The van der Waals surface area contributed by atoms with Crippen molar-refractivity contribution in [2.75, 3.05) is 37.7 Å². The number of piperazine rings is 1.